The molecule has 16 heavy (non-hydrogen) atoms. The van der Waals surface area contributed by atoms with Crippen molar-refractivity contribution in [1.82, 2.24) is 9.97 Å². The van der Waals surface area contributed by atoms with Crippen molar-refractivity contribution in [3.63, 3.8) is 0 Å². The fraction of sp³-hybridized carbons (Fsp3) is 0.556. The van der Waals surface area contributed by atoms with E-state index < -0.39 is 18.6 Å². The van der Waals surface area contributed by atoms with E-state index in [2.05, 4.69) is 15.3 Å². The maximum atomic E-state index is 12.1. The number of halogens is 4. The summed E-state index contributed by atoms with van der Waals surface area (Å²) in [5.74, 6) is 0.330. The molecule has 0 saturated heterocycles. The lowest BCUT2D eigenvalue weighted by Gasteiger charge is -2.17. The summed E-state index contributed by atoms with van der Waals surface area (Å²) in [6.45, 7) is 3.08. The third-order valence-electron chi connectivity index (χ3n) is 1.94. The molecule has 0 spiro atoms. The Morgan fingerprint density at radius 1 is 1.44 bits per heavy atom. The molecule has 3 nitrogen and oxygen atoms in total. The van der Waals surface area contributed by atoms with E-state index in [0.717, 1.165) is 0 Å². The van der Waals surface area contributed by atoms with Crippen LogP contribution in [-0.2, 0) is 0 Å². The average molecular weight is 254 g/mol. The van der Waals surface area contributed by atoms with E-state index in [1.54, 1.807) is 6.92 Å². The molecule has 1 heterocycles. The monoisotopic (exact) mass is 253 g/mol. The Bertz CT molecular complexity index is 368. The van der Waals surface area contributed by atoms with Gasteiger partial charge in [-0.15, -0.1) is 0 Å². The quantitative estimate of drug-likeness (QED) is 0.841. The summed E-state index contributed by atoms with van der Waals surface area (Å²) >= 11 is 5.72. The molecule has 0 aliphatic rings. The molecule has 0 amide bonds. The SMILES string of the molecule is Cc1c(Cl)ncnc1NC(C)CC(F)(F)F. The maximum absolute atomic E-state index is 12.1. The molecular formula is C9H11ClF3N3. The van der Waals surface area contributed by atoms with Crippen LogP contribution in [0.2, 0.25) is 5.15 Å². The first-order valence-electron chi connectivity index (χ1n) is 4.60. The minimum atomic E-state index is -4.20. The van der Waals surface area contributed by atoms with E-state index in [0.29, 0.717) is 11.4 Å². The Kier molecular flexibility index (Phi) is 3.96. The molecule has 1 unspecified atom stereocenters. The van der Waals surface area contributed by atoms with Gasteiger partial charge in [-0.05, 0) is 13.8 Å². The number of hydrogen-bond acceptors (Lipinski definition) is 3. The summed E-state index contributed by atoms with van der Waals surface area (Å²) in [5, 5.41) is 2.89. The van der Waals surface area contributed by atoms with Crippen LogP contribution in [0.15, 0.2) is 6.33 Å². The number of nitrogens with zero attached hydrogens (tertiary/aromatic N) is 2. The van der Waals surface area contributed by atoms with Crippen molar-refractivity contribution in [3.8, 4) is 0 Å². The predicted molar refractivity (Wildman–Crippen MR) is 55.5 cm³/mol. The smallest absolute Gasteiger partial charge is 0.367 e. The lowest BCUT2D eigenvalue weighted by molar-refractivity contribution is -0.136. The van der Waals surface area contributed by atoms with Crippen molar-refractivity contribution in [2.45, 2.75) is 32.5 Å². The maximum Gasteiger partial charge on any atom is 0.391 e. The molecule has 0 radical (unpaired) electrons. The van der Waals surface area contributed by atoms with Crippen molar-refractivity contribution in [2.24, 2.45) is 0 Å². The van der Waals surface area contributed by atoms with Crippen LogP contribution in [0.4, 0.5) is 19.0 Å². The third-order valence-corrected chi connectivity index (χ3v) is 2.32. The lowest BCUT2D eigenvalue weighted by atomic mass is 10.2. The van der Waals surface area contributed by atoms with Crippen LogP contribution in [0.1, 0.15) is 18.9 Å². The van der Waals surface area contributed by atoms with Gasteiger partial charge in [-0.3, -0.25) is 0 Å². The van der Waals surface area contributed by atoms with E-state index in [-0.39, 0.29) is 5.15 Å². The fourth-order valence-electron chi connectivity index (χ4n) is 1.21. The Morgan fingerprint density at radius 2 is 2.06 bits per heavy atom. The van der Waals surface area contributed by atoms with Gasteiger partial charge in [0.2, 0.25) is 0 Å². The van der Waals surface area contributed by atoms with Gasteiger partial charge in [0, 0.05) is 11.6 Å². The largest absolute Gasteiger partial charge is 0.391 e. The second-order valence-corrected chi connectivity index (χ2v) is 3.86. The van der Waals surface area contributed by atoms with Crippen LogP contribution in [0.5, 0.6) is 0 Å². The number of rotatable bonds is 3. The zero-order chi connectivity index (χ0) is 12.3. The van der Waals surface area contributed by atoms with Crippen LogP contribution in [0.25, 0.3) is 0 Å². The molecule has 0 bridgehead atoms. The van der Waals surface area contributed by atoms with Crippen LogP contribution in [0, 0.1) is 6.92 Å². The molecule has 0 fully saturated rings. The Morgan fingerprint density at radius 3 is 2.62 bits per heavy atom. The van der Waals surface area contributed by atoms with Crippen molar-refractivity contribution in [1.29, 1.82) is 0 Å². The van der Waals surface area contributed by atoms with E-state index in [9.17, 15) is 13.2 Å². The molecule has 0 aliphatic heterocycles. The third kappa shape index (κ3) is 3.84. The summed E-state index contributed by atoms with van der Waals surface area (Å²) in [6, 6.07) is -0.760. The highest BCUT2D eigenvalue weighted by atomic mass is 35.5. The molecule has 1 rings (SSSR count). The molecular weight excluding hydrogens is 243 g/mol. The first kappa shape index (κ1) is 13.0. The van der Waals surface area contributed by atoms with Crippen molar-refractivity contribution in [3.05, 3.63) is 17.0 Å². The van der Waals surface area contributed by atoms with Crippen LogP contribution in [0.3, 0.4) is 0 Å². The molecule has 1 N–H and O–H groups in total. The molecule has 0 saturated carbocycles. The predicted octanol–water partition coefficient (Wildman–Crippen LogP) is 3.19. The van der Waals surface area contributed by atoms with E-state index in [1.807, 2.05) is 0 Å². The van der Waals surface area contributed by atoms with Gasteiger partial charge in [0.1, 0.15) is 17.3 Å². The Hall–Kier alpha value is -1.04. The molecule has 1 aromatic rings. The second-order valence-electron chi connectivity index (χ2n) is 3.50. The molecule has 7 heteroatoms. The van der Waals surface area contributed by atoms with Gasteiger partial charge >= 0.3 is 6.18 Å². The molecule has 1 atom stereocenters. The molecule has 1 aromatic heterocycles. The zero-order valence-electron chi connectivity index (χ0n) is 8.77. The minimum Gasteiger partial charge on any atom is -0.367 e. The standard InChI is InChI=1S/C9H11ClF3N3/c1-5(3-9(11,12)13)16-8-6(2)7(10)14-4-15-8/h4-5H,3H2,1-2H3,(H,14,15,16). The summed E-state index contributed by atoms with van der Waals surface area (Å²) in [5.41, 5.74) is 0.540. The number of alkyl halides is 3. The fourth-order valence-corrected chi connectivity index (χ4v) is 1.34. The van der Waals surface area contributed by atoms with Crippen molar-refractivity contribution in [2.75, 3.05) is 5.32 Å². The first-order valence-corrected chi connectivity index (χ1v) is 4.98. The van der Waals surface area contributed by atoms with E-state index in [1.165, 1.54) is 13.3 Å². The minimum absolute atomic E-state index is 0.233. The van der Waals surface area contributed by atoms with E-state index in [4.69, 9.17) is 11.6 Å². The van der Waals surface area contributed by atoms with Gasteiger partial charge < -0.3 is 5.32 Å². The van der Waals surface area contributed by atoms with Gasteiger partial charge in [0.05, 0.1) is 6.42 Å². The summed E-state index contributed by atoms with van der Waals surface area (Å²) in [7, 11) is 0. The van der Waals surface area contributed by atoms with E-state index >= 15 is 0 Å². The highest BCUT2D eigenvalue weighted by Crippen LogP contribution is 2.24. The van der Waals surface area contributed by atoms with Crippen molar-refractivity contribution >= 4 is 17.4 Å². The zero-order valence-corrected chi connectivity index (χ0v) is 9.52. The highest BCUT2D eigenvalue weighted by Gasteiger charge is 2.30. The number of nitrogens with one attached hydrogen (secondary N) is 1. The summed E-state index contributed by atoms with van der Waals surface area (Å²) in [6.07, 6.45) is -3.91. The Balaban J connectivity index is 2.70. The average Bonchev–Trinajstić information content (AvgIpc) is 2.09. The van der Waals surface area contributed by atoms with Crippen LogP contribution in [-0.4, -0.2) is 22.2 Å². The molecule has 90 valence electrons. The second kappa shape index (κ2) is 4.86. The Labute approximate surface area is 96.0 Å². The van der Waals surface area contributed by atoms with Gasteiger partial charge in [0.25, 0.3) is 0 Å². The number of aromatic nitrogens is 2. The van der Waals surface area contributed by atoms with Gasteiger partial charge in [-0.25, -0.2) is 9.97 Å². The number of hydrogen-bond donors (Lipinski definition) is 1. The lowest BCUT2D eigenvalue weighted by Crippen LogP contribution is -2.24. The van der Waals surface area contributed by atoms with Gasteiger partial charge in [-0.2, -0.15) is 13.2 Å². The normalized spacial score (nSPS) is 13.6. The first-order chi connectivity index (χ1) is 7.29. The van der Waals surface area contributed by atoms with Crippen LogP contribution < -0.4 is 5.32 Å². The van der Waals surface area contributed by atoms with Crippen LogP contribution >= 0.6 is 11.6 Å². The summed E-state index contributed by atoms with van der Waals surface area (Å²) in [4.78, 5) is 7.55. The van der Waals surface area contributed by atoms with Gasteiger partial charge in [-0.1, -0.05) is 11.6 Å². The van der Waals surface area contributed by atoms with Crippen molar-refractivity contribution < 1.29 is 13.2 Å². The summed E-state index contributed by atoms with van der Waals surface area (Å²) < 4.78 is 36.3. The molecule has 0 aliphatic carbocycles. The number of anilines is 1. The van der Waals surface area contributed by atoms with Gasteiger partial charge in [0.15, 0.2) is 0 Å². The highest BCUT2D eigenvalue weighted by molar-refractivity contribution is 6.30. The molecule has 0 aromatic carbocycles. The topological polar surface area (TPSA) is 37.8 Å².